The molecule has 1 saturated carbocycles. The Morgan fingerprint density at radius 3 is 2.00 bits per heavy atom. The molecular weight excluding hydrogens is 733 g/mol. The number of carbonyl (C=O) groups excluding carboxylic acids is 1. The number of amides is 1. The van der Waals surface area contributed by atoms with Crippen molar-refractivity contribution >= 4 is 27.6 Å². The van der Waals surface area contributed by atoms with E-state index in [-0.39, 0.29) is 39.2 Å². The number of carboxylic acid groups (broad SMARTS) is 1. The normalized spacial score (nSPS) is 13.4. The highest BCUT2D eigenvalue weighted by molar-refractivity contribution is 7.89. The maximum absolute atomic E-state index is 15.0. The molecule has 0 heterocycles. The Hall–Kier alpha value is -4.96. The second-order valence-corrected chi connectivity index (χ2v) is 15.4. The van der Waals surface area contributed by atoms with Gasteiger partial charge in [0.15, 0.2) is 28.2 Å². The molecule has 5 rings (SSSR count). The lowest BCUT2D eigenvalue weighted by Gasteiger charge is -2.30. The first-order valence-corrected chi connectivity index (χ1v) is 17.5. The Balaban J connectivity index is 1.68. The van der Waals surface area contributed by atoms with Gasteiger partial charge in [-0.3, -0.25) is 4.79 Å². The van der Waals surface area contributed by atoms with Crippen LogP contribution in [0.4, 0.5) is 36.4 Å². The molecule has 1 aliphatic rings. The molecule has 1 aliphatic carbocycles. The summed E-state index contributed by atoms with van der Waals surface area (Å²) in [7, 11) is -4.71. The van der Waals surface area contributed by atoms with Crippen LogP contribution in [0.5, 0.6) is 5.75 Å². The fraction of sp³-hybridized carbons (Fsp3) is 0.297. The lowest BCUT2D eigenvalue weighted by Crippen LogP contribution is -2.43. The topological polar surface area (TPSA) is 104 Å². The first-order chi connectivity index (χ1) is 24.7. The molecule has 0 radical (unpaired) electrons. The van der Waals surface area contributed by atoms with E-state index in [1.54, 1.807) is 0 Å². The van der Waals surface area contributed by atoms with Gasteiger partial charge in [-0.1, -0.05) is 45.0 Å². The second-order valence-electron chi connectivity index (χ2n) is 13.6. The third-order valence-electron chi connectivity index (χ3n) is 8.73. The number of carbonyl (C=O) groups is 2. The van der Waals surface area contributed by atoms with Crippen LogP contribution in [0.15, 0.2) is 59.5 Å². The van der Waals surface area contributed by atoms with Gasteiger partial charge in [-0.05, 0) is 65.1 Å². The Bertz CT molecular complexity index is 2190. The summed E-state index contributed by atoms with van der Waals surface area (Å²) in [6, 6.07) is 11.0. The van der Waals surface area contributed by atoms with E-state index in [4.69, 9.17) is 4.74 Å². The maximum Gasteiger partial charge on any atom is 0.335 e. The van der Waals surface area contributed by atoms with Crippen molar-refractivity contribution in [3.8, 4) is 5.75 Å². The first kappa shape index (κ1) is 39.3. The number of rotatable bonds is 12. The summed E-state index contributed by atoms with van der Waals surface area (Å²) in [5, 5.41) is 9.57. The van der Waals surface area contributed by atoms with Crippen LogP contribution in [0, 0.1) is 40.7 Å². The molecule has 4 aromatic rings. The van der Waals surface area contributed by atoms with E-state index < -0.39 is 86.2 Å². The van der Waals surface area contributed by atoms with Crippen LogP contribution in [0.2, 0.25) is 0 Å². The molecule has 1 fully saturated rings. The quantitative estimate of drug-likeness (QED) is 0.0892. The number of anilines is 1. The molecule has 1 N–H and O–H groups in total. The lowest BCUT2D eigenvalue weighted by atomic mass is 9.84. The smallest absolute Gasteiger partial charge is 0.335 e. The highest BCUT2D eigenvalue weighted by atomic mass is 32.2. The minimum atomic E-state index is -5.88. The molecule has 4 aromatic carbocycles. The van der Waals surface area contributed by atoms with Gasteiger partial charge in [-0.2, -0.15) is 4.31 Å². The number of hydrogen-bond acceptors (Lipinski definition) is 5. The van der Waals surface area contributed by atoms with Crippen molar-refractivity contribution in [3.05, 3.63) is 123 Å². The Morgan fingerprint density at radius 1 is 0.830 bits per heavy atom. The third kappa shape index (κ3) is 8.18. The maximum atomic E-state index is 15.0. The van der Waals surface area contributed by atoms with E-state index in [2.05, 4.69) is 0 Å². The Kier molecular flexibility index (Phi) is 11.0. The van der Waals surface area contributed by atoms with E-state index in [9.17, 15) is 45.1 Å². The number of methoxy groups -OCH3 is 1. The van der Waals surface area contributed by atoms with E-state index in [0.717, 1.165) is 53.1 Å². The molecule has 0 unspecified atom stereocenters. The first-order valence-electron chi connectivity index (χ1n) is 16.1. The van der Waals surface area contributed by atoms with E-state index in [0.29, 0.717) is 11.6 Å². The molecule has 0 bridgehead atoms. The molecule has 1 amide bonds. The van der Waals surface area contributed by atoms with Crippen molar-refractivity contribution < 1.29 is 58.6 Å². The van der Waals surface area contributed by atoms with E-state index >= 15 is 8.78 Å². The van der Waals surface area contributed by atoms with Crippen molar-refractivity contribution in [2.75, 3.05) is 18.6 Å². The average molecular weight is 767 g/mol. The summed E-state index contributed by atoms with van der Waals surface area (Å²) in [5.74, 6) is -18.1. The predicted octanol–water partition coefficient (Wildman–Crippen LogP) is 7.97. The van der Waals surface area contributed by atoms with Crippen LogP contribution >= 0.6 is 0 Å². The highest BCUT2D eigenvalue weighted by Crippen LogP contribution is 2.42. The van der Waals surface area contributed by atoms with Crippen LogP contribution in [-0.2, 0) is 33.3 Å². The van der Waals surface area contributed by atoms with Gasteiger partial charge in [0.1, 0.15) is 17.4 Å². The lowest BCUT2D eigenvalue weighted by molar-refractivity contribution is -0.119. The summed E-state index contributed by atoms with van der Waals surface area (Å²) < 4.78 is 134. The fourth-order valence-corrected chi connectivity index (χ4v) is 7.14. The van der Waals surface area contributed by atoms with Gasteiger partial charge in [0.25, 0.3) is 0 Å². The van der Waals surface area contributed by atoms with Crippen molar-refractivity contribution in [3.63, 3.8) is 0 Å². The van der Waals surface area contributed by atoms with Crippen molar-refractivity contribution in [2.24, 2.45) is 0 Å². The van der Waals surface area contributed by atoms with Gasteiger partial charge in [0, 0.05) is 18.2 Å². The van der Waals surface area contributed by atoms with Crippen molar-refractivity contribution in [2.45, 2.75) is 62.9 Å². The number of sulfonamides is 1. The number of carboxylic acids is 1. The average Bonchev–Trinajstić information content (AvgIpc) is 3.95. The summed E-state index contributed by atoms with van der Waals surface area (Å²) in [6.45, 7) is 2.97. The molecule has 8 nitrogen and oxygen atoms in total. The SMILES string of the molecule is COc1cc(C(=O)O)ccc1N(Cc1cc(C2CC2)cc(C(C)(C)C)c1)C(=O)CN(Cc1ccc(F)cc1F)S(=O)(=O)c1c(F)c(F)c(F)c(F)c1F. The minimum absolute atomic E-state index is 0.00374. The minimum Gasteiger partial charge on any atom is -0.495 e. The summed E-state index contributed by atoms with van der Waals surface area (Å²) in [6.07, 6.45) is 1.84. The van der Waals surface area contributed by atoms with Crippen LogP contribution in [0.1, 0.15) is 72.1 Å². The molecule has 53 heavy (non-hydrogen) atoms. The number of hydrogen-bond donors (Lipinski definition) is 1. The number of nitrogens with zero attached hydrogens (tertiary/aromatic N) is 2. The number of benzene rings is 4. The summed E-state index contributed by atoms with van der Waals surface area (Å²) in [5.41, 5.74) is 1.08. The number of aromatic carboxylic acids is 1. The van der Waals surface area contributed by atoms with Crippen LogP contribution in [0.25, 0.3) is 0 Å². The molecule has 0 aromatic heterocycles. The van der Waals surface area contributed by atoms with Crippen molar-refractivity contribution in [1.29, 1.82) is 0 Å². The van der Waals surface area contributed by atoms with Crippen LogP contribution < -0.4 is 9.64 Å². The second kappa shape index (κ2) is 14.8. The molecule has 0 aliphatic heterocycles. The zero-order chi connectivity index (χ0) is 39.2. The largest absolute Gasteiger partial charge is 0.495 e. The van der Waals surface area contributed by atoms with Crippen molar-refractivity contribution in [1.82, 2.24) is 4.31 Å². The summed E-state index contributed by atoms with van der Waals surface area (Å²) >= 11 is 0. The Morgan fingerprint density at radius 2 is 1.45 bits per heavy atom. The monoisotopic (exact) mass is 766 g/mol. The van der Waals surface area contributed by atoms with Gasteiger partial charge in [-0.15, -0.1) is 0 Å². The highest BCUT2D eigenvalue weighted by Gasteiger charge is 2.39. The van der Waals surface area contributed by atoms with Gasteiger partial charge < -0.3 is 14.7 Å². The Labute approximate surface area is 300 Å². The summed E-state index contributed by atoms with van der Waals surface area (Å²) in [4.78, 5) is 24.9. The van der Waals surface area contributed by atoms with Gasteiger partial charge in [0.2, 0.25) is 21.7 Å². The molecule has 0 atom stereocenters. The molecular formula is C37H33F7N2O6S. The zero-order valence-electron chi connectivity index (χ0n) is 28.7. The molecule has 16 heteroatoms. The predicted molar refractivity (Wildman–Crippen MR) is 178 cm³/mol. The fourth-order valence-electron chi connectivity index (χ4n) is 5.66. The van der Waals surface area contributed by atoms with Gasteiger partial charge in [0.05, 0.1) is 31.5 Å². The molecule has 0 saturated heterocycles. The zero-order valence-corrected chi connectivity index (χ0v) is 29.6. The van der Waals surface area contributed by atoms with Crippen LogP contribution in [-0.4, -0.2) is 43.4 Å². The van der Waals surface area contributed by atoms with Gasteiger partial charge >= 0.3 is 5.97 Å². The van der Waals surface area contributed by atoms with Gasteiger partial charge in [-0.25, -0.2) is 43.9 Å². The van der Waals surface area contributed by atoms with Crippen LogP contribution in [0.3, 0.4) is 0 Å². The van der Waals surface area contributed by atoms with E-state index in [1.165, 1.54) is 13.2 Å². The molecule has 0 spiro atoms. The molecule has 282 valence electrons. The number of halogens is 7. The number of ether oxygens (including phenoxy) is 1. The third-order valence-corrected chi connectivity index (χ3v) is 10.5. The van der Waals surface area contributed by atoms with E-state index in [1.807, 2.05) is 39.0 Å². The standard InChI is InChI=1S/C37H33F7N2O6S/c1-37(2,3)24-12-19(11-23(13-24)20-5-6-20)16-46(27-10-8-21(36(48)49)14-28(27)52-4)29(47)18-45(17-22-7-9-25(38)15-26(22)39)53(50,51)35-33(43)31(41)30(40)32(42)34(35)44/h7-15,20H,5-6,16-18H2,1-4H3,(H,48,49).